The number of para-hydroxylation sites is 1. The van der Waals surface area contributed by atoms with E-state index in [0.717, 1.165) is 21.4 Å². The van der Waals surface area contributed by atoms with Gasteiger partial charge in [-0.3, -0.25) is 19.3 Å². The normalized spacial score (nSPS) is 13.5. The number of amides is 3. The largest absolute Gasteiger partial charge is 0.462 e. The Bertz CT molecular complexity index is 1490. The molecule has 1 aromatic heterocycles. The maximum atomic E-state index is 13.1. The molecule has 5 rings (SSSR count). The Morgan fingerprint density at radius 2 is 1.57 bits per heavy atom. The van der Waals surface area contributed by atoms with Crippen LogP contribution in [0.2, 0.25) is 5.02 Å². The molecule has 2 heterocycles. The highest BCUT2D eigenvalue weighted by Gasteiger charge is 2.35. The molecule has 0 bridgehead atoms. The molecule has 0 saturated carbocycles. The molecule has 0 radical (unpaired) electrons. The van der Waals surface area contributed by atoms with E-state index in [-0.39, 0.29) is 30.2 Å². The van der Waals surface area contributed by atoms with Crippen LogP contribution in [0.15, 0.2) is 79.0 Å². The van der Waals surface area contributed by atoms with Crippen molar-refractivity contribution in [3.8, 4) is 0 Å². The molecule has 2 N–H and O–H groups in total. The molecule has 186 valence electrons. The van der Waals surface area contributed by atoms with Gasteiger partial charge in [0.05, 0.1) is 28.3 Å². The van der Waals surface area contributed by atoms with Gasteiger partial charge < -0.3 is 15.0 Å². The fourth-order valence-electron chi connectivity index (χ4n) is 4.38. The van der Waals surface area contributed by atoms with Gasteiger partial charge in [0.15, 0.2) is 0 Å². The number of fused-ring (bicyclic) bond motifs is 2. The van der Waals surface area contributed by atoms with Crippen molar-refractivity contribution in [1.82, 2.24) is 15.2 Å². The molecule has 1 atom stereocenters. The number of nitrogens with one attached hydrogen (secondary N) is 2. The summed E-state index contributed by atoms with van der Waals surface area (Å²) in [5.74, 6) is -2.08. The van der Waals surface area contributed by atoms with Crippen LogP contribution in [-0.4, -0.2) is 52.8 Å². The number of imide groups is 1. The van der Waals surface area contributed by atoms with Gasteiger partial charge in [0, 0.05) is 23.5 Å². The van der Waals surface area contributed by atoms with E-state index in [1.807, 2.05) is 24.3 Å². The fourth-order valence-corrected chi connectivity index (χ4v) is 4.60. The Balaban J connectivity index is 1.30. The summed E-state index contributed by atoms with van der Waals surface area (Å²) in [4.78, 5) is 55.5. The van der Waals surface area contributed by atoms with Crippen LogP contribution in [0.3, 0.4) is 0 Å². The zero-order chi connectivity index (χ0) is 25.9. The summed E-state index contributed by atoms with van der Waals surface area (Å²) < 4.78 is 5.45. The molecule has 1 aliphatic heterocycles. The Morgan fingerprint density at radius 1 is 0.919 bits per heavy atom. The van der Waals surface area contributed by atoms with Crippen molar-refractivity contribution >= 4 is 46.2 Å². The van der Waals surface area contributed by atoms with Gasteiger partial charge in [-0.1, -0.05) is 54.1 Å². The quantitative estimate of drug-likeness (QED) is 0.272. The van der Waals surface area contributed by atoms with Crippen LogP contribution in [0, 0.1) is 0 Å². The second kappa shape index (κ2) is 10.3. The second-order valence-electron chi connectivity index (χ2n) is 8.54. The van der Waals surface area contributed by atoms with E-state index in [0.29, 0.717) is 11.1 Å². The van der Waals surface area contributed by atoms with Gasteiger partial charge in [-0.25, -0.2) is 4.79 Å². The smallest absolute Gasteiger partial charge is 0.329 e. The van der Waals surface area contributed by atoms with Gasteiger partial charge in [0.1, 0.15) is 12.6 Å². The van der Waals surface area contributed by atoms with Crippen LogP contribution >= 0.6 is 11.6 Å². The summed E-state index contributed by atoms with van der Waals surface area (Å²) in [7, 11) is 0. The minimum absolute atomic E-state index is 0.101. The highest BCUT2D eigenvalue weighted by atomic mass is 35.5. The highest BCUT2D eigenvalue weighted by molar-refractivity contribution is 6.33. The summed E-state index contributed by atoms with van der Waals surface area (Å²) in [6, 6.07) is 19.7. The molecule has 3 amide bonds. The van der Waals surface area contributed by atoms with Gasteiger partial charge in [-0.15, -0.1) is 0 Å². The number of hydrogen-bond acceptors (Lipinski definition) is 5. The minimum Gasteiger partial charge on any atom is -0.462 e. The number of benzene rings is 3. The van der Waals surface area contributed by atoms with Crippen LogP contribution in [0.25, 0.3) is 10.9 Å². The number of carbonyl (C=O) groups excluding carboxylic acids is 4. The van der Waals surface area contributed by atoms with Crippen LogP contribution in [-0.2, 0) is 16.0 Å². The van der Waals surface area contributed by atoms with E-state index in [2.05, 4.69) is 10.3 Å². The average molecular weight is 516 g/mol. The predicted molar refractivity (Wildman–Crippen MR) is 137 cm³/mol. The van der Waals surface area contributed by atoms with Gasteiger partial charge >= 0.3 is 5.97 Å². The third-order valence-corrected chi connectivity index (χ3v) is 6.57. The lowest BCUT2D eigenvalue weighted by molar-refractivity contribution is -0.146. The van der Waals surface area contributed by atoms with Crippen LogP contribution in [0.4, 0.5) is 0 Å². The molecule has 8 nitrogen and oxygen atoms in total. The first-order valence-corrected chi connectivity index (χ1v) is 12.0. The second-order valence-corrected chi connectivity index (χ2v) is 8.95. The zero-order valence-corrected chi connectivity index (χ0v) is 20.3. The molecular weight excluding hydrogens is 494 g/mol. The third kappa shape index (κ3) is 4.83. The number of hydrogen-bond donors (Lipinski definition) is 2. The van der Waals surface area contributed by atoms with Crippen molar-refractivity contribution in [3.63, 3.8) is 0 Å². The number of rotatable bonds is 8. The number of esters is 1. The van der Waals surface area contributed by atoms with Crippen molar-refractivity contribution in [2.45, 2.75) is 12.5 Å². The summed E-state index contributed by atoms with van der Waals surface area (Å²) in [5.41, 5.74) is 2.59. The molecular formula is C28H22ClN3O5. The van der Waals surface area contributed by atoms with Crippen molar-refractivity contribution in [2.24, 2.45) is 0 Å². The SMILES string of the molecule is O=C(N[C@@H](Cc1c[nH]c2ccccc12)C(=O)OCCN1C(=O)c2ccccc2C1=O)c1ccccc1Cl. The molecule has 0 fully saturated rings. The average Bonchev–Trinajstić information content (AvgIpc) is 3.42. The van der Waals surface area contributed by atoms with E-state index >= 15 is 0 Å². The van der Waals surface area contributed by atoms with Gasteiger partial charge in [-0.2, -0.15) is 0 Å². The fraction of sp³-hybridized carbons (Fsp3) is 0.143. The first-order valence-electron chi connectivity index (χ1n) is 11.7. The number of H-pyrrole nitrogens is 1. The predicted octanol–water partition coefficient (Wildman–Crippen LogP) is 4.00. The maximum absolute atomic E-state index is 13.1. The van der Waals surface area contributed by atoms with Gasteiger partial charge in [0.25, 0.3) is 17.7 Å². The zero-order valence-electron chi connectivity index (χ0n) is 19.6. The Hall–Kier alpha value is -4.43. The molecule has 3 aromatic carbocycles. The Labute approximate surface area is 217 Å². The van der Waals surface area contributed by atoms with Crippen LogP contribution in [0.5, 0.6) is 0 Å². The first-order chi connectivity index (χ1) is 17.9. The first kappa shape index (κ1) is 24.3. The van der Waals surface area contributed by atoms with Crippen molar-refractivity contribution in [2.75, 3.05) is 13.2 Å². The van der Waals surface area contributed by atoms with E-state index < -0.39 is 29.7 Å². The van der Waals surface area contributed by atoms with Crippen molar-refractivity contribution in [1.29, 1.82) is 0 Å². The number of carbonyl (C=O) groups is 4. The molecule has 0 spiro atoms. The summed E-state index contributed by atoms with van der Waals surface area (Å²) in [6.45, 7) is -0.312. The molecule has 37 heavy (non-hydrogen) atoms. The molecule has 1 aliphatic rings. The van der Waals surface area contributed by atoms with E-state index in [1.165, 1.54) is 0 Å². The van der Waals surface area contributed by atoms with Crippen LogP contribution < -0.4 is 5.32 Å². The topological polar surface area (TPSA) is 109 Å². The monoisotopic (exact) mass is 515 g/mol. The summed E-state index contributed by atoms with van der Waals surface area (Å²) >= 11 is 6.17. The van der Waals surface area contributed by atoms with Gasteiger partial charge in [0.2, 0.25) is 0 Å². The number of aromatic nitrogens is 1. The number of ether oxygens (including phenoxy) is 1. The van der Waals surface area contributed by atoms with E-state index in [9.17, 15) is 19.2 Å². The number of aromatic amines is 1. The lowest BCUT2D eigenvalue weighted by atomic mass is 10.0. The molecule has 0 saturated heterocycles. The summed E-state index contributed by atoms with van der Waals surface area (Å²) in [5, 5.41) is 3.90. The molecule has 0 unspecified atom stereocenters. The van der Waals surface area contributed by atoms with Gasteiger partial charge in [-0.05, 0) is 35.9 Å². The lowest BCUT2D eigenvalue weighted by Crippen LogP contribution is -2.44. The van der Waals surface area contributed by atoms with Crippen molar-refractivity contribution in [3.05, 3.63) is 106 Å². The number of nitrogens with zero attached hydrogens (tertiary/aromatic N) is 1. The molecule has 4 aromatic rings. The third-order valence-electron chi connectivity index (χ3n) is 6.24. The lowest BCUT2D eigenvalue weighted by Gasteiger charge is -2.19. The Morgan fingerprint density at radius 3 is 2.30 bits per heavy atom. The van der Waals surface area contributed by atoms with E-state index in [1.54, 1.807) is 54.7 Å². The molecule has 0 aliphatic carbocycles. The standard InChI is InChI=1S/C28H22ClN3O5/c29-22-11-5-3-10-21(22)25(33)31-24(15-17-16-30-23-12-6-4-7-18(17)23)28(36)37-14-13-32-26(34)19-8-1-2-9-20(19)27(32)35/h1-12,16,24,30H,13-15H2,(H,31,33)/t24-/m0/s1. The van der Waals surface area contributed by atoms with Crippen LogP contribution in [0.1, 0.15) is 36.6 Å². The highest BCUT2D eigenvalue weighted by Crippen LogP contribution is 2.23. The minimum atomic E-state index is -1.04. The van der Waals surface area contributed by atoms with Crippen molar-refractivity contribution < 1.29 is 23.9 Å². The molecule has 9 heteroatoms. The Kier molecular flexibility index (Phi) is 6.74. The van der Waals surface area contributed by atoms with E-state index in [4.69, 9.17) is 16.3 Å². The maximum Gasteiger partial charge on any atom is 0.329 e. The number of halogens is 1. The summed E-state index contributed by atoms with van der Waals surface area (Å²) in [6.07, 6.45) is 1.94.